The van der Waals surface area contributed by atoms with E-state index < -0.39 is 16.1 Å². The van der Waals surface area contributed by atoms with E-state index in [0.29, 0.717) is 24.9 Å². The summed E-state index contributed by atoms with van der Waals surface area (Å²) < 4.78 is 30.6. The van der Waals surface area contributed by atoms with Gasteiger partial charge in [-0.15, -0.1) is 0 Å². The van der Waals surface area contributed by atoms with E-state index in [4.69, 9.17) is 28.9 Å². The van der Waals surface area contributed by atoms with Gasteiger partial charge >= 0.3 is 0 Å². The van der Waals surface area contributed by atoms with Gasteiger partial charge in [0.2, 0.25) is 21.9 Å². The normalized spacial score (nSPS) is 21.4. The second-order valence-electron chi connectivity index (χ2n) is 9.20. The third kappa shape index (κ3) is 5.86. The Morgan fingerprint density at radius 1 is 1.20 bits per heavy atom. The molecule has 1 aromatic carbocycles. The van der Waals surface area contributed by atoms with Crippen molar-refractivity contribution in [1.82, 2.24) is 19.2 Å². The highest BCUT2D eigenvalue weighted by atomic mass is 35.5. The number of benzene rings is 1. The van der Waals surface area contributed by atoms with Gasteiger partial charge in [-0.1, -0.05) is 42.5 Å². The second-order valence-corrected chi connectivity index (χ2v) is 11.7. The van der Waals surface area contributed by atoms with Crippen molar-refractivity contribution in [3.63, 3.8) is 0 Å². The fourth-order valence-corrected chi connectivity index (χ4v) is 6.99. The molecule has 1 aliphatic heterocycles. The highest BCUT2D eigenvalue weighted by Gasteiger charge is 2.36. The zero-order valence-electron chi connectivity index (χ0n) is 19.2. The Morgan fingerprint density at radius 3 is 2.57 bits per heavy atom. The van der Waals surface area contributed by atoms with Gasteiger partial charge in [-0.05, 0) is 43.2 Å². The fraction of sp³-hybridized carbons (Fsp3) is 0.545. The maximum atomic E-state index is 13.6. The van der Waals surface area contributed by atoms with Crippen LogP contribution in [-0.2, 0) is 21.4 Å². The van der Waals surface area contributed by atoms with E-state index in [1.54, 1.807) is 15.7 Å². The lowest BCUT2D eigenvalue weighted by atomic mass is 9.75. The van der Waals surface area contributed by atoms with Crippen LogP contribution in [0, 0.1) is 11.8 Å². The average Bonchev–Trinajstić information content (AvgIpc) is 3.31. The molecular formula is C22H30Cl2N6O4S. The smallest absolute Gasteiger partial charge is 0.241 e. The van der Waals surface area contributed by atoms with Crippen molar-refractivity contribution in [3.05, 3.63) is 34.6 Å². The first kappa shape index (κ1) is 26.0. The predicted octanol–water partition coefficient (Wildman–Crippen LogP) is 3.35. The summed E-state index contributed by atoms with van der Waals surface area (Å²) >= 11 is 12.1. The molecule has 13 heteroatoms. The minimum Gasteiger partial charge on any atom is -0.396 e. The zero-order valence-corrected chi connectivity index (χ0v) is 21.5. The molecule has 192 valence electrons. The van der Waals surface area contributed by atoms with Crippen molar-refractivity contribution in [1.29, 1.82) is 0 Å². The fourth-order valence-electron chi connectivity index (χ4n) is 5.10. The van der Waals surface area contributed by atoms with Crippen LogP contribution in [0.3, 0.4) is 0 Å². The summed E-state index contributed by atoms with van der Waals surface area (Å²) in [6, 6.07) is 1.39. The van der Waals surface area contributed by atoms with Crippen LogP contribution < -0.4 is 15.9 Å². The van der Waals surface area contributed by atoms with Crippen LogP contribution in [0.1, 0.15) is 38.5 Å². The Hall–Kier alpha value is -2.05. The lowest BCUT2D eigenvalue weighted by Gasteiger charge is -2.42. The molecule has 35 heavy (non-hydrogen) atoms. The summed E-state index contributed by atoms with van der Waals surface area (Å²) in [5.41, 5.74) is 7.82. The molecule has 2 heterocycles. The number of hydrogen-bond acceptors (Lipinski definition) is 7. The summed E-state index contributed by atoms with van der Waals surface area (Å²) in [5.74, 6) is 1.00. The highest BCUT2D eigenvalue weighted by molar-refractivity contribution is 7.89. The molecule has 1 saturated carbocycles. The van der Waals surface area contributed by atoms with E-state index in [2.05, 4.69) is 9.71 Å². The maximum absolute atomic E-state index is 13.6. The van der Waals surface area contributed by atoms with Crippen LogP contribution >= 0.6 is 23.2 Å². The van der Waals surface area contributed by atoms with Crippen molar-refractivity contribution in [2.75, 3.05) is 24.3 Å². The van der Waals surface area contributed by atoms with E-state index in [1.165, 1.54) is 31.2 Å². The molecule has 1 unspecified atom stereocenters. The van der Waals surface area contributed by atoms with Crippen LogP contribution in [-0.4, -0.2) is 53.1 Å². The molecule has 5 N–H and O–H groups in total. The topological polar surface area (TPSA) is 143 Å². The largest absolute Gasteiger partial charge is 0.396 e. The number of amides is 1. The van der Waals surface area contributed by atoms with Gasteiger partial charge in [-0.25, -0.2) is 18.9 Å². The first-order valence-electron chi connectivity index (χ1n) is 11.7. The molecule has 0 radical (unpaired) electrons. The summed E-state index contributed by atoms with van der Waals surface area (Å²) in [6.45, 7) is 1.48. The van der Waals surface area contributed by atoms with E-state index in [0.717, 1.165) is 19.3 Å². The number of nitrogens with one attached hydrogen (secondary N) is 2. The molecule has 3 atom stereocenters. The quantitative estimate of drug-likeness (QED) is 0.294. The molecular weight excluding hydrogens is 515 g/mol. The lowest BCUT2D eigenvalue weighted by Crippen LogP contribution is -2.53. The SMILES string of the molecule is Nc1c(Cl)cc(S(=O)(=O)NC(CCn2ccnc2NO)C(=O)N2CC[C@H]3CCCC[C@H]3C2)cc1Cl. The number of aryl methyl sites for hydroxylation is 1. The van der Waals surface area contributed by atoms with E-state index >= 15 is 0 Å². The number of sulfonamides is 1. The molecule has 2 aromatic rings. The number of carbonyl (C=O) groups excluding carboxylic acids is 1. The number of piperidine rings is 1. The van der Waals surface area contributed by atoms with Crippen LogP contribution in [0.4, 0.5) is 11.6 Å². The average molecular weight is 545 g/mol. The standard InChI is InChI=1S/C22H30Cl2N6O4S/c23-17-11-16(12-18(24)20(17)25)35(33,34)28-19(6-9-29-10-7-26-22(29)27-32)21(31)30-8-5-14-3-1-2-4-15(14)13-30/h7,10-12,14-15,19,28,32H,1-6,8-9,13,25H2,(H,26,27)/t14-,15+,19?/m1/s1. The van der Waals surface area contributed by atoms with Crippen molar-refractivity contribution in [3.8, 4) is 0 Å². The maximum Gasteiger partial charge on any atom is 0.241 e. The van der Waals surface area contributed by atoms with Gasteiger partial charge < -0.3 is 15.2 Å². The Balaban J connectivity index is 1.56. The molecule has 0 spiro atoms. The summed E-state index contributed by atoms with van der Waals surface area (Å²) in [4.78, 5) is 19.2. The summed E-state index contributed by atoms with van der Waals surface area (Å²) in [5, 5.41) is 9.27. The molecule has 4 rings (SSSR count). The van der Waals surface area contributed by atoms with Gasteiger partial charge in [0.1, 0.15) is 6.04 Å². The minimum absolute atomic E-state index is 0.0113. The molecule has 0 bridgehead atoms. The number of aromatic nitrogens is 2. The van der Waals surface area contributed by atoms with Crippen LogP contribution in [0.15, 0.2) is 29.4 Å². The van der Waals surface area contributed by atoms with Gasteiger partial charge in [0, 0.05) is 32.0 Å². The number of halogens is 2. The van der Waals surface area contributed by atoms with Gasteiger partial charge in [-0.2, -0.15) is 4.72 Å². The van der Waals surface area contributed by atoms with E-state index in [9.17, 15) is 18.4 Å². The van der Waals surface area contributed by atoms with Crippen molar-refractivity contribution in [2.24, 2.45) is 11.8 Å². The Morgan fingerprint density at radius 2 is 1.89 bits per heavy atom. The van der Waals surface area contributed by atoms with E-state index in [-0.39, 0.29) is 45.4 Å². The first-order valence-corrected chi connectivity index (χ1v) is 13.9. The van der Waals surface area contributed by atoms with Gasteiger partial charge in [0.15, 0.2) is 0 Å². The monoisotopic (exact) mass is 544 g/mol. The summed E-state index contributed by atoms with van der Waals surface area (Å²) in [7, 11) is -4.15. The number of fused-ring (bicyclic) bond motifs is 1. The van der Waals surface area contributed by atoms with Crippen LogP contribution in [0.2, 0.25) is 10.0 Å². The predicted molar refractivity (Wildman–Crippen MR) is 134 cm³/mol. The number of rotatable bonds is 8. The molecule has 2 fully saturated rings. The Labute approximate surface area is 214 Å². The third-order valence-corrected chi connectivity index (χ3v) is 9.11. The highest BCUT2D eigenvalue weighted by Crippen LogP contribution is 2.36. The third-order valence-electron chi connectivity index (χ3n) is 7.04. The lowest BCUT2D eigenvalue weighted by molar-refractivity contribution is -0.136. The van der Waals surface area contributed by atoms with Crippen molar-refractivity contribution in [2.45, 2.75) is 56.0 Å². The number of nitrogens with two attached hydrogens (primary N) is 1. The van der Waals surface area contributed by atoms with E-state index in [1.807, 2.05) is 5.48 Å². The number of hydrogen-bond donors (Lipinski definition) is 4. The van der Waals surface area contributed by atoms with Crippen molar-refractivity contribution >= 4 is 50.8 Å². The van der Waals surface area contributed by atoms with Crippen LogP contribution in [0.5, 0.6) is 0 Å². The Kier molecular flexibility index (Phi) is 8.12. The molecule has 1 saturated heterocycles. The Bertz CT molecular complexity index is 1150. The molecule has 10 nitrogen and oxygen atoms in total. The van der Waals surface area contributed by atoms with Gasteiger partial charge in [-0.3, -0.25) is 10.0 Å². The molecule has 1 aliphatic carbocycles. The van der Waals surface area contributed by atoms with Crippen LogP contribution in [0.25, 0.3) is 0 Å². The second kappa shape index (κ2) is 10.9. The number of anilines is 2. The molecule has 1 amide bonds. The number of imidazole rings is 1. The molecule has 2 aliphatic rings. The van der Waals surface area contributed by atoms with Gasteiger partial charge in [0.05, 0.1) is 20.6 Å². The minimum atomic E-state index is -4.15. The zero-order chi connectivity index (χ0) is 25.2. The number of likely N-dealkylation sites (tertiary alicyclic amines) is 1. The number of nitrogen functional groups attached to an aromatic ring is 1. The number of carbonyl (C=O) groups is 1. The number of nitrogens with zero attached hydrogens (tertiary/aromatic N) is 3. The summed E-state index contributed by atoms with van der Waals surface area (Å²) in [6.07, 6.45) is 8.87. The molecule has 1 aromatic heterocycles. The van der Waals surface area contributed by atoms with Crippen molar-refractivity contribution < 1.29 is 18.4 Å². The van der Waals surface area contributed by atoms with Gasteiger partial charge in [0.25, 0.3) is 0 Å². The first-order chi connectivity index (χ1) is 16.7.